The van der Waals surface area contributed by atoms with Crippen molar-refractivity contribution in [3.63, 3.8) is 0 Å². The zero-order valence-corrected chi connectivity index (χ0v) is 11.6. The number of nitrogens with zero attached hydrogens (tertiary/aromatic N) is 1. The van der Waals surface area contributed by atoms with Gasteiger partial charge in [-0.3, -0.25) is 9.59 Å². The standard InChI is InChI=1S/C14H25N3O2/c15-8-7-13(18)16-10-12-6-1-2-9-17(12)14(19)11-4-3-5-11/h11-12H,1-10,15H2,(H,16,18). The van der Waals surface area contributed by atoms with Crippen LogP contribution in [0.1, 0.15) is 44.9 Å². The molecule has 1 saturated heterocycles. The number of rotatable bonds is 5. The number of carbonyl (C=O) groups is 2. The molecule has 0 radical (unpaired) electrons. The van der Waals surface area contributed by atoms with Gasteiger partial charge in [-0.1, -0.05) is 6.42 Å². The Kier molecular flexibility index (Phi) is 5.19. The van der Waals surface area contributed by atoms with Crippen LogP contribution in [0.4, 0.5) is 0 Å². The molecule has 2 aliphatic rings. The van der Waals surface area contributed by atoms with E-state index < -0.39 is 0 Å². The number of amides is 2. The third-order valence-electron chi connectivity index (χ3n) is 4.27. The van der Waals surface area contributed by atoms with Crippen LogP contribution in [-0.2, 0) is 9.59 Å². The maximum absolute atomic E-state index is 12.4. The zero-order valence-electron chi connectivity index (χ0n) is 11.6. The number of likely N-dealkylation sites (tertiary alicyclic amines) is 1. The Hall–Kier alpha value is -1.10. The van der Waals surface area contributed by atoms with Crippen LogP contribution in [0.15, 0.2) is 0 Å². The van der Waals surface area contributed by atoms with E-state index in [2.05, 4.69) is 5.32 Å². The Bertz CT molecular complexity index is 329. The SMILES string of the molecule is NCCC(=O)NCC1CCCCN1C(=O)C1CCC1. The van der Waals surface area contributed by atoms with Crippen LogP contribution in [0.5, 0.6) is 0 Å². The topological polar surface area (TPSA) is 75.4 Å². The van der Waals surface area contributed by atoms with Gasteiger partial charge in [0, 0.05) is 38.0 Å². The highest BCUT2D eigenvalue weighted by Gasteiger charge is 2.34. The first-order valence-electron chi connectivity index (χ1n) is 7.49. The fourth-order valence-electron chi connectivity index (χ4n) is 2.84. The second-order valence-electron chi connectivity index (χ2n) is 5.65. The van der Waals surface area contributed by atoms with E-state index in [1.165, 1.54) is 6.42 Å². The summed E-state index contributed by atoms with van der Waals surface area (Å²) in [6.07, 6.45) is 6.87. The molecule has 2 rings (SSSR count). The third-order valence-corrected chi connectivity index (χ3v) is 4.27. The Labute approximate surface area is 114 Å². The fourth-order valence-corrected chi connectivity index (χ4v) is 2.84. The summed E-state index contributed by atoms with van der Waals surface area (Å²) in [6.45, 7) is 1.81. The van der Waals surface area contributed by atoms with Gasteiger partial charge in [0.15, 0.2) is 0 Å². The van der Waals surface area contributed by atoms with Crippen LogP contribution in [-0.4, -0.2) is 42.4 Å². The van der Waals surface area contributed by atoms with Gasteiger partial charge in [0.2, 0.25) is 11.8 Å². The molecule has 2 amide bonds. The Balaban J connectivity index is 1.84. The van der Waals surface area contributed by atoms with Crippen LogP contribution in [0, 0.1) is 5.92 Å². The quantitative estimate of drug-likeness (QED) is 0.767. The largest absolute Gasteiger partial charge is 0.354 e. The Morgan fingerprint density at radius 2 is 1.95 bits per heavy atom. The lowest BCUT2D eigenvalue weighted by atomic mass is 9.83. The highest BCUT2D eigenvalue weighted by atomic mass is 16.2. The molecule has 108 valence electrons. The molecular formula is C14H25N3O2. The average Bonchev–Trinajstić information content (AvgIpc) is 2.35. The van der Waals surface area contributed by atoms with E-state index in [1.807, 2.05) is 4.90 Å². The minimum atomic E-state index is -0.0101. The van der Waals surface area contributed by atoms with E-state index in [9.17, 15) is 9.59 Å². The van der Waals surface area contributed by atoms with E-state index in [-0.39, 0.29) is 17.9 Å². The lowest BCUT2D eigenvalue weighted by Crippen LogP contribution is -2.52. The van der Waals surface area contributed by atoms with Crippen molar-refractivity contribution in [3.8, 4) is 0 Å². The number of piperidine rings is 1. The van der Waals surface area contributed by atoms with Crippen molar-refractivity contribution in [2.24, 2.45) is 11.7 Å². The first-order chi connectivity index (χ1) is 9.22. The molecule has 1 aliphatic heterocycles. The molecule has 1 unspecified atom stereocenters. The van der Waals surface area contributed by atoms with Crippen LogP contribution in [0.25, 0.3) is 0 Å². The van der Waals surface area contributed by atoms with Crippen molar-refractivity contribution >= 4 is 11.8 Å². The van der Waals surface area contributed by atoms with E-state index in [4.69, 9.17) is 5.73 Å². The molecule has 0 aromatic carbocycles. The molecule has 3 N–H and O–H groups in total. The summed E-state index contributed by atoms with van der Waals surface area (Å²) < 4.78 is 0. The lowest BCUT2D eigenvalue weighted by molar-refractivity contribution is -0.142. The van der Waals surface area contributed by atoms with E-state index in [1.54, 1.807) is 0 Å². The van der Waals surface area contributed by atoms with Crippen molar-refractivity contribution in [1.29, 1.82) is 0 Å². The van der Waals surface area contributed by atoms with Gasteiger partial charge in [-0.05, 0) is 32.1 Å². The minimum Gasteiger partial charge on any atom is -0.354 e. The number of nitrogens with one attached hydrogen (secondary N) is 1. The third kappa shape index (κ3) is 3.69. The summed E-state index contributed by atoms with van der Waals surface area (Å²) in [4.78, 5) is 25.8. The Morgan fingerprint density at radius 1 is 1.16 bits per heavy atom. The summed E-state index contributed by atoms with van der Waals surface area (Å²) in [5.74, 6) is 0.550. The van der Waals surface area contributed by atoms with Crippen LogP contribution < -0.4 is 11.1 Å². The smallest absolute Gasteiger partial charge is 0.225 e. The number of nitrogens with two attached hydrogens (primary N) is 1. The van der Waals surface area contributed by atoms with Gasteiger partial charge < -0.3 is 16.0 Å². The number of hydrogen-bond donors (Lipinski definition) is 2. The normalized spacial score (nSPS) is 23.8. The summed E-state index contributed by atoms with van der Waals surface area (Å²) in [5.41, 5.74) is 5.35. The fraction of sp³-hybridized carbons (Fsp3) is 0.857. The summed E-state index contributed by atoms with van der Waals surface area (Å²) in [5, 5.41) is 2.90. The first-order valence-corrected chi connectivity index (χ1v) is 7.49. The molecule has 1 heterocycles. The lowest BCUT2D eigenvalue weighted by Gasteiger charge is -2.40. The van der Waals surface area contributed by atoms with Gasteiger partial charge in [-0.25, -0.2) is 0 Å². The molecule has 2 fully saturated rings. The van der Waals surface area contributed by atoms with Crippen molar-refractivity contribution in [2.75, 3.05) is 19.6 Å². The second kappa shape index (κ2) is 6.89. The molecule has 5 nitrogen and oxygen atoms in total. The number of carbonyl (C=O) groups excluding carboxylic acids is 2. The molecule has 5 heteroatoms. The average molecular weight is 267 g/mol. The number of hydrogen-bond acceptors (Lipinski definition) is 3. The van der Waals surface area contributed by atoms with Gasteiger partial charge in [-0.2, -0.15) is 0 Å². The molecule has 1 atom stereocenters. The highest BCUT2D eigenvalue weighted by Crippen LogP contribution is 2.30. The maximum atomic E-state index is 12.4. The van der Waals surface area contributed by atoms with Gasteiger partial charge in [-0.15, -0.1) is 0 Å². The zero-order chi connectivity index (χ0) is 13.7. The molecule has 1 saturated carbocycles. The van der Waals surface area contributed by atoms with Gasteiger partial charge in [0.05, 0.1) is 0 Å². The van der Waals surface area contributed by atoms with Crippen molar-refractivity contribution < 1.29 is 9.59 Å². The molecular weight excluding hydrogens is 242 g/mol. The minimum absolute atomic E-state index is 0.0101. The van der Waals surface area contributed by atoms with Crippen LogP contribution >= 0.6 is 0 Å². The maximum Gasteiger partial charge on any atom is 0.225 e. The van der Waals surface area contributed by atoms with E-state index >= 15 is 0 Å². The molecule has 0 aromatic rings. The monoisotopic (exact) mass is 267 g/mol. The first kappa shape index (κ1) is 14.3. The van der Waals surface area contributed by atoms with Crippen molar-refractivity contribution in [3.05, 3.63) is 0 Å². The van der Waals surface area contributed by atoms with Gasteiger partial charge in [0.1, 0.15) is 0 Å². The summed E-state index contributed by atoms with van der Waals surface area (Å²) in [7, 11) is 0. The predicted octanol–water partition coefficient (Wildman–Crippen LogP) is 0.633. The van der Waals surface area contributed by atoms with Crippen molar-refractivity contribution in [1.82, 2.24) is 10.2 Å². The van der Waals surface area contributed by atoms with E-state index in [0.717, 1.165) is 38.6 Å². The summed E-state index contributed by atoms with van der Waals surface area (Å²) in [6, 6.07) is 0.184. The van der Waals surface area contributed by atoms with Gasteiger partial charge in [0.25, 0.3) is 0 Å². The van der Waals surface area contributed by atoms with Crippen molar-refractivity contribution in [2.45, 2.75) is 51.0 Å². The second-order valence-corrected chi connectivity index (χ2v) is 5.65. The van der Waals surface area contributed by atoms with Gasteiger partial charge >= 0.3 is 0 Å². The van der Waals surface area contributed by atoms with Crippen LogP contribution in [0.2, 0.25) is 0 Å². The molecule has 19 heavy (non-hydrogen) atoms. The molecule has 0 bridgehead atoms. The highest BCUT2D eigenvalue weighted by molar-refractivity contribution is 5.80. The molecule has 1 aliphatic carbocycles. The predicted molar refractivity (Wildman–Crippen MR) is 73.4 cm³/mol. The molecule has 0 aromatic heterocycles. The van der Waals surface area contributed by atoms with E-state index in [0.29, 0.717) is 25.4 Å². The van der Waals surface area contributed by atoms with Crippen LogP contribution in [0.3, 0.4) is 0 Å². The summed E-state index contributed by atoms with van der Waals surface area (Å²) >= 11 is 0. The molecule has 0 spiro atoms. The Morgan fingerprint density at radius 3 is 2.58 bits per heavy atom.